The molecule has 0 saturated heterocycles. The second-order valence-electron chi connectivity index (χ2n) is 5.32. The maximum absolute atomic E-state index is 13.1. The summed E-state index contributed by atoms with van der Waals surface area (Å²) in [5.41, 5.74) is 1.38. The number of nitrogens with zero attached hydrogens (tertiary/aromatic N) is 1. The van der Waals surface area contributed by atoms with E-state index >= 15 is 0 Å². The molecule has 0 aliphatic rings. The number of carbonyl (C=O) groups excluding carboxylic acids is 1. The van der Waals surface area contributed by atoms with Gasteiger partial charge in [-0.2, -0.15) is 0 Å². The molecular weight excluding hydrogens is 397 g/mol. The Hall–Kier alpha value is -2.00. The fourth-order valence-electron chi connectivity index (χ4n) is 2.16. The third-order valence-electron chi connectivity index (χ3n) is 3.41. The SMILES string of the molecule is O=C(Nc1nc(CCO)cs1)c1ccc(CNc2ccc(F)cc2Cl)s1. The molecule has 0 aliphatic carbocycles. The molecule has 0 aliphatic heterocycles. The predicted octanol–water partition coefficient (Wildman–Crippen LogP) is 4.40. The molecule has 136 valence electrons. The summed E-state index contributed by atoms with van der Waals surface area (Å²) in [6.45, 7) is 0.498. The van der Waals surface area contributed by atoms with Gasteiger partial charge in [-0.05, 0) is 30.3 Å². The van der Waals surface area contributed by atoms with Gasteiger partial charge in [-0.25, -0.2) is 9.37 Å². The van der Waals surface area contributed by atoms with Crippen LogP contribution in [0.3, 0.4) is 0 Å². The van der Waals surface area contributed by atoms with E-state index in [2.05, 4.69) is 15.6 Å². The molecule has 5 nitrogen and oxygen atoms in total. The van der Waals surface area contributed by atoms with Crippen molar-refractivity contribution in [2.75, 3.05) is 17.2 Å². The second kappa shape index (κ2) is 8.59. The molecular formula is C17H15ClFN3O2S2. The summed E-state index contributed by atoms with van der Waals surface area (Å²) in [4.78, 5) is 18.0. The van der Waals surface area contributed by atoms with Crippen molar-refractivity contribution in [3.05, 3.63) is 62.0 Å². The Balaban J connectivity index is 1.58. The van der Waals surface area contributed by atoms with E-state index < -0.39 is 0 Å². The number of thiazole rings is 1. The number of aromatic nitrogens is 1. The van der Waals surface area contributed by atoms with Gasteiger partial charge in [0.05, 0.1) is 21.3 Å². The van der Waals surface area contributed by atoms with Gasteiger partial charge in [0.2, 0.25) is 0 Å². The highest BCUT2D eigenvalue weighted by Gasteiger charge is 2.12. The normalized spacial score (nSPS) is 10.7. The van der Waals surface area contributed by atoms with Gasteiger partial charge < -0.3 is 10.4 Å². The summed E-state index contributed by atoms with van der Waals surface area (Å²) in [5, 5.41) is 17.4. The first-order valence-electron chi connectivity index (χ1n) is 7.69. The van der Waals surface area contributed by atoms with Crippen LogP contribution in [0.25, 0.3) is 0 Å². The Kier molecular flexibility index (Phi) is 6.20. The molecule has 3 aromatic rings. The first-order chi connectivity index (χ1) is 12.5. The minimum Gasteiger partial charge on any atom is -0.396 e. The molecule has 0 saturated carbocycles. The fourth-order valence-corrected chi connectivity index (χ4v) is 3.98. The molecule has 0 atom stereocenters. The Morgan fingerprint density at radius 2 is 2.15 bits per heavy atom. The number of amides is 1. The van der Waals surface area contributed by atoms with Crippen molar-refractivity contribution >= 4 is 51.0 Å². The molecule has 0 unspecified atom stereocenters. The van der Waals surface area contributed by atoms with Crippen LogP contribution in [-0.2, 0) is 13.0 Å². The van der Waals surface area contributed by atoms with Crippen molar-refractivity contribution in [3.8, 4) is 0 Å². The van der Waals surface area contributed by atoms with Gasteiger partial charge in [-0.15, -0.1) is 22.7 Å². The van der Waals surface area contributed by atoms with Crippen LogP contribution in [0.15, 0.2) is 35.7 Å². The number of anilines is 2. The molecule has 3 rings (SSSR count). The minimum absolute atomic E-state index is 0.0243. The average molecular weight is 412 g/mol. The Labute approximate surface area is 162 Å². The third-order valence-corrected chi connectivity index (χ3v) is 5.61. The molecule has 0 fully saturated rings. The van der Waals surface area contributed by atoms with E-state index in [1.165, 1.54) is 34.8 Å². The van der Waals surface area contributed by atoms with Crippen molar-refractivity contribution in [3.63, 3.8) is 0 Å². The number of benzene rings is 1. The lowest BCUT2D eigenvalue weighted by Crippen LogP contribution is -2.10. The van der Waals surface area contributed by atoms with Gasteiger partial charge in [0.1, 0.15) is 5.82 Å². The topological polar surface area (TPSA) is 74.2 Å². The number of carbonyl (C=O) groups is 1. The lowest BCUT2D eigenvalue weighted by atomic mass is 10.3. The van der Waals surface area contributed by atoms with Crippen molar-refractivity contribution < 1.29 is 14.3 Å². The van der Waals surface area contributed by atoms with Crippen LogP contribution < -0.4 is 10.6 Å². The van der Waals surface area contributed by atoms with Crippen LogP contribution in [-0.4, -0.2) is 22.6 Å². The molecule has 26 heavy (non-hydrogen) atoms. The number of thiophene rings is 1. The minimum atomic E-state index is -0.389. The fraction of sp³-hybridized carbons (Fsp3) is 0.176. The first kappa shape index (κ1) is 18.8. The van der Waals surface area contributed by atoms with E-state index in [-0.39, 0.29) is 18.3 Å². The molecule has 2 aromatic heterocycles. The quantitative estimate of drug-likeness (QED) is 0.538. The summed E-state index contributed by atoms with van der Waals surface area (Å²) in [6.07, 6.45) is 0.465. The lowest BCUT2D eigenvalue weighted by Gasteiger charge is -2.06. The molecule has 2 heterocycles. The van der Waals surface area contributed by atoms with E-state index in [0.717, 1.165) is 10.6 Å². The monoisotopic (exact) mass is 411 g/mol. The predicted molar refractivity (Wildman–Crippen MR) is 104 cm³/mol. The van der Waals surface area contributed by atoms with E-state index in [4.69, 9.17) is 16.7 Å². The first-order valence-corrected chi connectivity index (χ1v) is 9.77. The summed E-state index contributed by atoms with van der Waals surface area (Å²) in [5.74, 6) is -0.620. The molecule has 9 heteroatoms. The van der Waals surface area contributed by atoms with Crippen molar-refractivity contribution in [1.82, 2.24) is 4.98 Å². The maximum Gasteiger partial charge on any atom is 0.267 e. The number of halogens is 2. The van der Waals surface area contributed by atoms with Crippen molar-refractivity contribution in [2.24, 2.45) is 0 Å². The zero-order valence-corrected chi connectivity index (χ0v) is 15.8. The van der Waals surface area contributed by atoms with Crippen LogP contribution in [0.4, 0.5) is 15.2 Å². The van der Waals surface area contributed by atoms with E-state index in [1.807, 2.05) is 11.4 Å². The van der Waals surface area contributed by atoms with Gasteiger partial charge in [0.15, 0.2) is 5.13 Å². The van der Waals surface area contributed by atoms with Gasteiger partial charge >= 0.3 is 0 Å². The Morgan fingerprint density at radius 3 is 2.92 bits per heavy atom. The highest BCUT2D eigenvalue weighted by Crippen LogP contribution is 2.25. The molecule has 3 N–H and O–H groups in total. The standard InChI is InChI=1S/C17H15ClFN3O2S2/c18-13-7-10(19)1-3-14(13)20-8-12-2-4-15(26-12)16(24)22-17-21-11(5-6-23)9-25-17/h1-4,7,9,20,23H,5-6,8H2,(H,21,22,24). The number of hydrogen-bond donors (Lipinski definition) is 3. The van der Waals surface area contributed by atoms with Gasteiger partial charge in [-0.1, -0.05) is 11.6 Å². The van der Waals surface area contributed by atoms with Gasteiger partial charge in [-0.3, -0.25) is 10.1 Å². The van der Waals surface area contributed by atoms with Crippen LogP contribution in [0.1, 0.15) is 20.2 Å². The van der Waals surface area contributed by atoms with E-state index in [9.17, 15) is 9.18 Å². The van der Waals surface area contributed by atoms with E-state index in [0.29, 0.717) is 33.7 Å². The smallest absolute Gasteiger partial charge is 0.267 e. The molecule has 1 aromatic carbocycles. The molecule has 1 amide bonds. The van der Waals surface area contributed by atoms with Gasteiger partial charge in [0.25, 0.3) is 5.91 Å². The summed E-state index contributed by atoms with van der Waals surface area (Å²) < 4.78 is 13.1. The highest BCUT2D eigenvalue weighted by atomic mass is 35.5. The summed E-state index contributed by atoms with van der Waals surface area (Å²) >= 11 is 8.65. The summed E-state index contributed by atoms with van der Waals surface area (Å²) in [7, 11) is 0. The van der Waals surface area contributed by atoms with Crippen LogP contribution in [0.5, 0.6) is 0 Å². The van der Waals surface area contributed by atoms with Crippen LogP contribution >= 0.6 is 34.3 Å². The second-order valence-corrected chi connectivity index (χ2v) is 7.75. The number of nitrogens with one attached hydrogen (secondary N) is 2. The summed E-state index contributed by atoms with van der Waals surface area (Å²) in [6, 6.07) is 7.75. The Morgan fingerprint density at radius 1 is 1.31 bits per heavy atom. The van der Waals surface area contributed by atoms with Crippen molar-refractivity contribution in [2.45, 2.75) is 13.0 Å². The van der Waals surface area contributed by atoms with Crippen molar-refractivity contribution in [1.29, 1.82) is 0 Å². The zero-order chi connectivity index (χ0) is 18.5. The lowest BCUT2D eigenvalue weighted by molar-refractivity contribution is 0.103. The maximum atomic E-state index is 13.1. The molecule has 0 radical (unpaired) electrons. The zero-order valence-electron chi connectivity index (χ0n) is 13.5. The number of rotatable bonds is 7. The van der Waals surface area contributed by atoms with Gasteiger partial charge in [0, 0.05) is 29.8 Å². The largest absolute Gasteiger partial charge is 0.396 e. The van der Waals surface area contributed by atoms with Crippen LogP contribution in [0, 0.1) is 5.82 Å². The molecule has 0 bridgehead atoms. The molecule has 0 spiro atoms. The van der Waals surface area contributed by atoms with Crippen LogP contribution in [0.2, 0.25) is 5.02 Å². The third kappa shape index (κ3) is 4.79. The van der Waals surface area contributed by atoms with E-state index in [1.54, 1.807) is 12.1 Å². The number of aliphatic hydroxyl groups excluding tert-OH is 1. The highest BCUT2D eigenvalue weighted by molar-refractivity contribution is 7.15. The Bertz CT molecular complexity index is 913. The average Bonchev–Trinajstić information content (AvgIpc) is 3.24. The number of hydrogen-bond acceptors (Lipinski definition) is 6. The number of aliphatic hydroxyl groups is 1.